The zero-order valence-electron chi connectivity index (χ0n) is 10.0. The van der Waals surface area contributed by atoms with Crippen LogP contribution >= 0.6 is 0 Å². The summed E-state index contributed by atoms with van der Waals surface area (Å²) < 4.78 is 13.7. The average molecular weight is 276 g/mol. The molecule has 0 radical (unpaired) electrons. The fraction of sp³-hybridized carbons (Fsp3) is 0. The van der Waals surface area contributed by atoms with Crippen LogP contribution in [-0.2, 0) is 0 Å². The highest BCUT2D eigenvalue weighted by atomic mass is 19.1. The van der Waals surface area contributed by atoms with Gasteiger partial charge in [-0.15, -0.1) is 0 Å². The second-order valence-electron chi connectivity index (χ2n) is 3.78. The number of hydrogen-bond acceptors (Lipinski definition) is 5. The van der Waals surface area contributed by atoms with E-state index in [2.05, 4.69) is 10.3 Å². The fourth-order valence-corrected chi connectivity index (χ4v) is 1.59. The molecule has 1 amide bonds. The zero-order chi connectivity index (χ0) is 14.7. The summed E-state index contributed by atoms with van der Waals surface area (Å²) in [7, 11) is 0. The average Bonchev–Trinajstić information content (AvgIpc) is 2.39. The molecule has 0 bridgehead atoms. The fourth-order valence-electron chi connectivity index (χ4n) is 1.59. The third-order valence-electron chi connectivity index (χ3n) is 2.50. The molecule has 2 rings (SSSR count). The molecule has 0 aliphatic carbocycles. The highest BCUT2D eigenvalue weighted by Crippen LogP contribution is 2.27. The number of rotatable bonds is 3. The van der Waals surface area contributed by atoms with Crippen molar-refractivity contribution in [3.05, 3.63) is 58.0 Å². The lowest BCUT2D eigenvalue weighted by molar-refractivity contribution is -0.384. The van der Waals surface area contributed by atoms with Crippen molar-refractivity contribution >= 4 is 23.1 Å². The number of nitro groups is 1. The normalized spacial score (nSPS) is 10.1. The zero-order valence-corrected chi connectivity index (χ0v) is 10.0. The van der Waals surface area contributed by atoms with Gasteiger partial charge in [0.25, 0.3) is 11.6 Å². The van der Waals surface area contributed by atoms with E-state index in [9.17, 15) is 19.3 Å². The van der Waals surface area contributed by atoms with Crippen molar-refractivity contribution in [2.24, 2.45) is 0 Å². The number of amides is 1. The minimum absolute atomic E-state index is 0.183. The number of nitrogens with zero attached hydrogens (tertiary/aromatic N) is 2. The molecule has 1 aromatic heterocycles. The maximum atomic E-state index is 13.7. The minimum atomic E-state index is -0.943. The van der Waals surface area contributed by atoms with Crippen LogP contribution in [0, 0.1) is 15.9 Å². The van der Waals surface area contributed by atoms with Gasteiger partial charge in [0, 0.05) is 12.3 Å². The third kappa shape index (κ3) is 2.53. The monoisotopic (exact) mass is 276 g/mol. The van der Waals surface area contributed by atoms with Crippen LogP contribution in [0.5, 0.6) is 0 Å². The van der Waals surface area contributed by atoms with Crippen LogP contribution in [0.15, 0.2) is 36.5 Å². The lowest BCUT2D eigenvalue weighted by atomic mass is 10.1. The van der Waals surface area contributed by atoms with Crippen molar-refractivity contribution in [1.82, 2.24) is 4.98 Å². The number of nitrogens with two attached hydrogens (primary N) is 1. The standard InChI is InChI=1S/C12H9FN4O3/c13-7-4-5-8(17(19)20)11(14)10(7)12(18)16-9-3-1-2-6-15-9/h1-6H,14H2,(H,15,16,18). The SMILES string of the molecule is Nc1c([N+](=O)[O-])ccc(F)c1C(=O)Nc1ccccn1. The van der Waals surface area contributed by atoms with Crippen molar-refractivity contribution in [3.63, 3.8) is 0 Å². The summed E-state index contributed by atoms with van der Waals surface area (Å²) >= 11 is 0. The Bertz CT molecular complexity index is 676. The van der Waals surface area contributed by atoms with Crippen LogP contribution in [0.4, 0.5) is 21.6 Å². The number of nitro benzene ring substituents is 1. The molecule has 2 aromatic rings. The molecule has 0 aliphatic heterocycles. The summed E-state index contributed by atoms with van der Waals surface area (Å²) in [6, 6.07) is 6.47. The molecule has 3 N–H and O–H groups in total. The maximum absolute atomic E-state index is 13.7. The van der Waals surface area contributed by atoms with E-state index in [1.165, 1.54) is 12.3 Å². The molecule has 0 saturated carbocycles. The topological polar surface area (TPSA) is 111 Å². The first-order valence-corrected chi connectivity index (χ1v) is 5.45. The van der Waals surface area contributed by atoms with E-state index in [4.69, 9.17) is 5.73 Å². The second kappa shape index (κ2) is 5.31. The number of pyridine rings is 1. The van der Waals surface area contributed by atoms with Crippen LogP contribution in [0.25, 0.3) is 0 Å². The Morgan fingerprint density at radius 1 is 1.35 bits per heavy atom. The van der Waals surface area contributed by atoms with Crippen molar-refractivity contribution in [1.29, 1.82) is 0 Å². The maximum Gasteiger partial charge on any atom is 0.293 e. The molecular formula is C12H9FN4O3. The molecule has 0 aliphatic rings. The van der Waals surface area contributed by atoms with E-state index >= 15 is 0 Å². The summed E-state index contributed by atoms with van der Waals surface area (Å²) in [5, 5.41) is 13.0. The van der Waals surface area contributed by atoms with Crippen molar-refractivity contribution in [3.8, 4) is 0 Å². The Morgan fingerprint density at radius 2 is 2.10 bits per heavy atom. The van der Waals surface area contributed by atoms with Crippen molar-refractivity contribution in [2.45, 2.75) is 0 Å². The predicted octanol–water partition coefficient (Wildman–Crippen LogP) is 1.96. The molecule has 0 fully saturated rings. The van der Waals surface area contributed by atoms with Gasteiger partial charge in [-0.25, -0.2) is 9.37 Å². The summed E-state index contributed by atoms with van der Waals surface area (Å²) in [5.74, 6) is -1.66. The van der Waals surface area contributed by atoms with E-state index in [1.54, 1.807) is 12.1 Å². The van der Waals surface area contributed by atoms with Gasteiger partial charge >= 0.3 is 0 Å². The van der Waals surface area contributed by atoms with E-state index in [1.807, 2.05) is 0 Å². The summed E-state index contributed by atoms with van der Waals surface area (Å²) in [6.07, 6.45) is 1.43. The highest BCUT2D eigenvalue weighted by Gasteiger charge is 2.23. The first-order chi connectivity index (χ1) is 9.50. The highest BCUT2D eigenvalue weighted by molar-refractivity contribution is 6.08. The summed E-state index contributed by atoms with van der Waals surface area (Å²) in [6.45, 7) is 0. The smallest absolute Gasteiger partial charge is 0.293 e. The van der Waals surface area contributed by atoms with E-state index in [0.29, 0.717) is 0 Å². The predicted molar refractivity (Wildman–Crippen MR) is 69.7 cm³/mol. The lowest BCUT2D eigenvalue weighted by Gasteiger charge is -2.08. The molecule has 1 aromatic carbocycles. The minimum Gasteiger partial charge on any atom is -0.392 e. The number of anilines is 2. The molecule has 8 heteroatoms. The van der Waals surface area contributed by atoms with Gasteiger partial charge in [-0.3, -0.25) is 14.9 Å². The number of carbonyl (C=O) groups is 1. The Kier molecular flexibility index (Phi) is 3.56. The Labute approximate surface area is 112 Å². The van der Waals surface area contributed by atoms with Gasteiger partial charge in [-0.2, -0.15) is 0 Å². The second-order valence-corrected chi connectivity index (χ2v) is 3.78. The number of nitrogens with one attached hydrogen (secondary N) is 1. The van der Waals surface area contributed by atoms with E-state index in [-0.39, 0.29) is 5.82 Å². The first-order valence-electron chi connectivity index (χ1n) is 5.45. The summed E-state index contributed by atoms with van der Waals surface area (Å²) in [4.78, 5) is 25.7. The van der Waals surface area contributed by atoms with Crippen molar-refractivity contribution < 1.29 is 14.1 Å². The lowest BCUT2D eigenvalue weighted by Crippen LogP contribution is -2.17. The Hall–Kier alpha value is -3.03. The summed E-state index contributed by atoms with van der Waals surface area (Å²) in [5.41, 5.74) is 3.84. The number of aromatic nitrogens is 1. The van der Waals surface area contributed by atoms with Gasteiger partial charge in [0.2, 0.25) is 0 Å². The van der Waals surface area contributed by atoms with Gasteiger partial charge in [0.05, 0.1) is 4.92 Å². The quantitative estimate of drug-likeness (QED) is 0.505. The number of halogens is 1. The molecule has 1 heterocycles. The number of nitrogen functional groups attached to an aromatic ring is 1. The molecule has 0 unspecified atom stereocenters. The number of benzene rings is 1. The van der Waals surface area contributed by atoms with Crippen molar-refractivity contribution in [2.75, 3.05) is 11.1 Å². The number of carbonyl (C=O) groups excluding carboxylic acids is 1. The van der Waals surface area contributed by atoms with E-state index < -0.39 is 33.6 Å². The van der Waals surface area contributed by atoms with Crippen LogP contribution in [0.3, 0.4) is 0 Å². The van der Waals surface area contributed by atoms with Crippen LogP contribution in [0.2, 0.25) is 0 Å². The van der Waals surface area contributed by atoms with Gasteiger partial charge < -0.3 is 11.1 Å². The molecular weight excluding hydrogens is 267 g/mol. The molecule has 7 nitrogen and oxygen atoms in total. The molecule has 0 spiro atoms. The third-order valence-corrected chi connectivity index (χ3v) is 2.50. The van der Waals surface area contributed by atoms with Gasteiger partial charge in [-0.1, -0.05) is 6.07 Å². The van der Waals surface area contributed by atoms with Gasteiger partial charge in [-0.05, 0) is 18.2 Å². The first kappa shape index (κ1) is 13.4. The van der Waals surface area contributed by atoms with Crippen LogP contribution in [-0.4, -0.2) is 15.8 Å². The molecule has 20 heavy (non-hydrogen) atoms. The van der Waals surface area contributed by atoms with Gasteiger partial charge in [0.15, 0.2) is 0 Å². The Morgan fingerprint density at radius 3 is 2.70 bits per heavy atom. The molecule has 0 atom stereocenters. The Balaban J connectivity index is 2.39. The largest absolute Gasteiger partial charge is 0.392 e. The van der Waals surface area contributed by atoms with Crippen LogP contribution < -0.4 is 11.1 Å². The van der Waals surface area contributed by atoms with Gasteiger partial charge in [0.1, 0.15) is 22.9 Å². The van der Waals surface area contributed by atoms with Crippen LogP contribution in [0.1, 0.15) is 10.4 Å². The number of hydrogen-bond donors (Lipinski definition) is 2. The molecule has 0 saturated heterocycles. The van der Waals surface area contributed by atoms with E-state index in [0.717, 1.165) is 12.1 Å². The molecule has 102 valence electrons.